The average Bonchev–Trinajstić information content (AvgIpc) is 3.35. The van der Waals surface area contributed by atoms with Crippen LogP contribution in [0.3, 0.4) is 0 Å². The molecule has 2 heterocycles. The van der Waals surface area contributed by atoms with Crippen LogP contribution in [-0.2, 0) is 28.3 Å². The van der Waals surface area contributed by atoms with Gasteiger partial charge in [-0.05, 0) is 54.5 Å². The highest BCUT2D eigenvalue weighted by atomic mass is 32.2. The summed E-state index contributed by atoms with van der Waals surface area (Å²) in [7, 11) is -3.77. The van der Waals surface area contributed by atoms with Crippen molar-refractivity contribution in [2.75, 3.05) is 4.72 Å². The molecule has 2 aromatic carbocycles. The zero-order chi connectivity index (χ0) is 22.5. The van der Waals surface area contributed by atoms with Gasteiger partial charge in [-0.25, -0.2) is 13.1 Å². The first-order valence-corrected chi connectivity index (χ1v) is 12.3. The Morgan fingerprint density at radius 1 is 1.00 bits per heavy atom. The Morgan fingerprint density at radius 2 is 1.78 bits per heavy atom. The summed E-state index contributed by atoms with van der Waals surface area (Å²) in [6, 6.07) is 14.9. The molecule has 0 radical (unpaired) electrons. The smallest absolute Gasteiger partial charge is 0.263 e. The van der Waals surface area contributed by atoms with Crippen LogP contribution in [0.2, 0.25) is 0 Å². The van der Waals surface area contributed by atoms with Crippen molar-refractivity contribution in [3.05, 3.63) is 77.7 Å². The number of rotatable bonds is 4. The van der Waals surface area contributed by atoms with E-state index in [0.29, 0.717) is 5.82 Å². The lowest BCUT2D eigenvalue weighted by atomic mass is 9.87. The molecule has 5 rings (SSSR count). The van der Waals surface area contributed by atoms with Crippen LogP contribution in [0.5, 0.6) is 0 Å². The molecule has 0 saturated heterocycles. The number of aromatic nitrogens is 3. The fourth-order valence-electron chi connectivity index (χ4n) is 4.28. The van der Waals surface area contributed by atoms with Gasteiger partial charge in [-0.2, -0.15) is 5.10 Å². The lowest BCUT2D eigenvalue weighted by Crippen LogP contribution is -2.18. The summed E-state index contributed by atoms with van der Waals surface area (Å²) in [5.41, 5.74) is 3.81. The van der Waals surface area contributed by atoms with Gasteiger partial charge in [0.05, 0.1) is 16.3 Å². The number of benzene rings is 2. The molecule has 0 unspecified atom stereocenters. The molecule has 7 heteroatoms. The van der Waals surface area contributed by atoms with Crippen molar-refractivity contribution < 1.29 is 8.42 Å². The maximum atomic E-state index is 13.3. The molecule has 1 aliphatic carbocycles. The molecule has 0 spiro atoms. The Hall–Kier alpha value is -3.19. The Bertz CT molecular complexity index is 1410. The minimum absolute atomic E-state index is 0.0433. The fraction of sp³-hybridized carbons (Fsp3) is 0.280. The zero-order valence-corrected chi connectivity index (χ0v) is 19.3. The van der Waals surface area contributed by atoms with Crippen LogP contribution < -0.4 is 4.72 Å². The molecule has 164 valence electrons. The van der Waals surface area contributed by atoms with E-state index in [1.54, 1.807) is 29.2 Å². The van der Waals surface area contributed by atoms with Crippen LogP contribution in [0.1, 0.15) is 44.0 Å². The number of anilines is 1. The van der Waals surface area contributed by atoms with Gasteiger partial charge in [-0.1, -0.05) is 45.0 Å². The van der Waals surface area contributed by atoms with Crippen molar-refractivity contribution in [3.8, 4) is 5.69 Å². The van der Waals surface area contributed by atoms with E-state index >= 15 is 0 Å². The van der Waals surface area contributed by atoms with Gasteiger partial charge in [0.2, 0.25) is 0 Å². The van der Waals surface area contributed by atoms with Crippen LogP contribution in [0, 0.1) is 0 Å². The van der Waals surface area contributed by atoms with Gasteiger partial charge < -0.3 is 0 Å². The van der Waals surface area contributed by atoms with E-state index in [1.807, 2.05) is 36.4 Å². The standard InChI is InChI=1S/C25H26N4O2S/c1-25(2,3)18-10-12-19(13-11-18)32(30,31)28-24-21-7-5-8-22(21)27-29(24)23-9-4-6-17-16-26-15-14-20(17)23/h4,6,9-16,28H,5,7-8H2,1-3H3. The van der Waals surface area contributed by atoms with E-state index in [0.717, 1.165) is 52.5 Å². The quantitative estimate of drug-likeness (QED) is 0.478. The third-order valence-corrected chi connectivity index (χ3v) is 7.41. The summed E-state index contributed by atoms with van der Waals surface area (Å²) >= 11 is 0. The molecule has 0 fully saturated rings. The maximum absolute atomic E-state index is 13.3. The number of nitrogens with one attached hydrogen (secondary N) is 1. The van der Waals surface area contributed by atoms with Gasteiger partial charge in [0, 0.05) is 28.7 Å². The van der Waals surface area contributed by atoms with Gasteiger partial charge in [-0.15, -0.1) is 0 Å². The van der Waals surface area contributed by atoms with E-state index in [2.05, 4.69) is 30.5 Å². The van der Waals surface area contributed by atoms with Crippen LogP contribution in [0.25, 0.3) is 16.5 Å². The van der Waals surface area contributed by atoms with Crippen LogP contribution in [0.4, 0.5) is 5.82 Å². The third kappa shape index (κ3) is 3.56. The molecular formula is C25H26N4O2S. The summed E-state index contributed by atoms with van der Waals surface area (Å²) in [5, 5.41) is 6.75. The first-order chi connectivity index (χ1) is 15.2. The summed E-state index contributed by atoms with van der Waals surface area (Å²) < 4.78 is 31.3. The summed E-state index contributed by atoms with van der Waals surface area (Å²) in [6.45, 7) is 6.32. The van der Waals surface area contributed by atoms with Gasteiger partial charge in [0.15, 0.2) is 0 Å². The Morgan fingerprint density at radius 3 is 2.53 bits per heavy atom. The lowest BCUT2D eigenvalue weighted by Gasteiger charge is -2.19. The van der Waals surface area contributed by atoms with Gasteiger partial charge in [-0.3, -0.25) is 9.71 Å². The molecule has 0 bridgehead atoms. The second kappa shape index (κ2) is 7.45. The Labute approximate surface area is 188 Å². The molecule has 0 saturated carbocycles. The van der Waals surface area contributed by atoms with Crippen LogP contribution >= 0.6 is 0 Å². The molecule has 0 amide bonds. The number of pyridine rings is 1. The van der Waals surface area contributed by atoms with Crippen molar-refractivity contribution in [3.63, 3.8) is 0 Å². The normalized spacial score (nSPS) is 14.0. The third-order valence-electron chi connectivity index (χ3n) is 6.05. The minimum Gasteiger partial charge on any atom is -0.264 e. The van der Waals surface area contributed by atoms with Crippen molar-refractivity contribution in [2.24, 2.45) is 0 Å². The summed E-state index contributed by atoms with van der Waals surface area (Å²) in [4.78, 5) is 4.45. The van der Waals surface area contributed by atoms with Crippen molar-refractivity contribution in [1.82, 2.24) is 14.8 Å². The monoisotopic (exact) mass is 446 g/mol. The first-order valence-electron chi connectivity index (χ1n) is 10.8. The van der Waals surface area contributed by atoms with Crippen LogP contribution in [-0.4, -0.2) is 23.2 Å². The van der Waals surface area contributed by atoms with E-state index < -0.39 is 10.0 Å². The number of hydrogen-bond acceptors (Lipinski definition) is 4. The average molecular weight is 447 g/mol. The largest absolute Gasteiger partial charge is 0.264 e. The number of nitrogens with zero attached hydrogens (tertiary/aromatic N) is 3. The number of aryl methyl sites for hydroxylation is 1. The SMILES string of the molecule is CC(C)(C)c1ccc(S(=O)(=O)Nc2c3c(nn2-c2cccc4cnccc24)CCC3)cc1. The lowest BCUT2D eigenvalue weighted by molar-refractivity contribution is 0.587. The number of hydrogen-bond donors (Lipinski definition) is 1. The second-order valence-electron chi connectivity index (χ2n) is 9.29. The molecular weight excluding hydrogens is 420 g/mol. The Balaban J connectivity index is 1.60. The second-order valence-corrected chi connectivity index (χ2v) is 11.0. The topological polar surface area (TPSA) is 76.9 Å². The summed E-state index contributed by atoms with van der Waals surface area (Å²) in [6.07, 6.45) is 6.18. The molecule has 0 aliphatic heterocycles. The molecule has 2 aromatic heterocycles. The molecule has 1 aliphatic rings. The highest BCUT2D eigenvalue weighted by Gasteiger charge is 2.27. The molecule has 4 aromatic rings. The van der Waals surface area contributed by atoms with Crippen molar-refractivity contribution in [1.29, 1.82) is 0 Å². The van der Waals surface area contributed by atoms with E-state index in [-0.39, 0.29) is 10.3 Å². The van der Waals surface area contributed by atoms with Gasteiger partial charge in [0.1, 0.15) is 5.82 Å². The van der Waals surface area contributed by atoms with Crippen molar-refractivity contribution >= 4 is 26.6 Å². The van der Waals surface area contributed by atoms with Crippen LogP contribution in [0.15, 0.2) is 65.8 Å². The zero-order valence-electron chi connectivity index (χ0n) is 18.5. The number of fused-ring (bicyclic) bond motifs is 2. The molecule has 1 N–H and O–H groups in total. The van der Waals surface area contributed by atoms with Gasteiger partial charge in [0.25, 0.3) is 10.0 Å². The molecule has 32 heavy (non-hydrogen) atoms. The fourth-order valence-corrected chi connectivity index (χ4v) is 5.36. The predicted octanol–water partition coefficient (Wildman–Crippen LogP) is 5.01. The molecule has 0 atom stereocenters. The van der Waals surface area contributed by atoms with E-state index in [4.69, 9.17) is 5.10 Å². The highest BCUT2D eigenvalue weighted by molar-refractivity contribution is 7.92. The number of sulfonamides is 1. The summed E-state index contributed by atoms with van der Waals surface area (Å²) in [5.74, 6) is 0.529. The first kappa shape index (κ1) is 20.7. The predicted molar refractivity (Wildman–Crippen MR) is 127 cm³/mol. The van der Waals surface area contributed by atoms with Gasteiger partial charge >= 0.3 is 0 Å². The minimum atomic E-state index is -3.77. The highest BCUT2D eigenvalue weighted by Crippen LogP contribution is 2.34. The Kier molecular flexibility index (Phi) is 4.82. The molecule has 6 nitrogen and oxygen atoms in total. The maximum Gasteiger partial charge on any atom is 0.263 e. The van der Waals surface area contributed by atoms with E-state index in [9.17, 15) is 8.42 Å². The van der Waals surface area contributed by atoms with Crippen molar-refractivity contribution in [2.45, 2.75) is 50.3 Å². The van der Waals surface area contributed by atoms with E-state index in [1.165, 1.54) is 0 Å².